The van der Waals surface area contributed by atoms with Crippen LogP contribution in [-0.4, -0.2) is 43.3 Å². The van der Waals surface area contributed by atoms with Crippen LogP contribution in [0.4, 0.5) is 0 Å². The Labute approximate surface area is 232 Å². The Hall–Kier alpha value is -3.33. The second kappa shape index (κ2) is 12.5. The molecule has 0 atom stereocenters. The van der Waals surface area contributed by atoms with E-state index in [1.54, 1.807) is 13.3 Å². The van der Waals surface area contributed by atoms with Crippen molar-refractivity contribution in [3.8, 4) is 5.75 Å². The third kappa shape index (κ3) is 6.04. The summed E-state index contributed by atoms with van der Waals surface area (Å²) in [6.07, 6.45) is 6.86. The molecule has 1 aliphatic carbocycles. The molecule has 0 aliphatic heterocycles. The maximum atomic E-state index is 14.2. The number of methoxy groups -OCH3 is 1. The number of fused-ring (bicyclic) bond motifs is 1. The number of hydrogen-bond acceptors (Lipinski definition) is 7. The van der Waals surface area contributed by atoms with Gasteiger partial charge in [-0.25, -0.2) is 4.99 Å². The Kier molecular flexibility index (Phi) is 9.09. The predicted molar refractivity (Wildman–Crippen MR) is 159 cm³/mol. The molecule has 3 aromatic rings. The van der Waals surface area contributed by atoms with Gasteiger partial charge in [-0.15, -0.1) is 11.3 Å². The minimum Gasteiger partial charge on any atom is -0.496 e. The van der Waals surface area contributed by atoms with E-state index in [2.05, 4.69) is 16.9 Å². The van der Waals surface area contributed by atoms with Gasteiger partial charge < -0.3 is 26.4 Å². The highest BCUT2D eigenvalue weighted by atomic mass is 35.5. The summed E-state index contributed by atoms with van der Waals surface area (Å²) in [5.74, 6) is 0.814. The van der Waals surface area contributed by atoms with Crippen molar-refractivity contribution >= 4 is 50.7 Å². The molecule has 0 bridgehead atoms. The van der Waals surface area contributed by atoms with E-state index in [0.29, 0.717) is 33.8 Å². The van der Waals surface area contributed by atoms with Crippen molar-refractivity contribution in [1.29, 1.82) is 0 Å². The van der Waals surface area contributed by atoms with E-state index in [1.807, 2.05) is 54.4 Å². The van der Waals surface area contributed by atoms with Gasteiger partial charge in [0.05, 0.1) is 12.1 Å². The van der Waals surface area contributed by atoms with Crippen LogP contribution in [0.3, 0.4) is 0 Å². The quantitative estimate of drug-likeness (QED) is 0.303. The van der Waals surface area contributed by atoms with Gasteiger partial charge >= 0.3 is 0 Å². The second-order valence-corrected chi connectivity index (χ2v) is 10.8. The molecule has 0 saturated heterocycles. The van der Waals surface area contributed by atoms with Gasteiger partial charge in [-0.3, -0.25) is 4.79 Å². The third-order valence-electron chi connectivity index (χ3n) is 7.04. The standard InChI is InChI=1S/C29H34ClN5O2S/c1-18(32)34-16-21(15-31)19-8-13-25(37-3)20(14-19)17-35(23-11-9-22(33-2)10-12-23)29(36)28-27(30)24-6-4-5-7-26(24)38-28/h4-8,13-16,22-23,33H,1,9-12,17,31-32H2,2-3H3/b21-15+,34-16-/t22-,23-. The lowest BCUT2D eigenvalue weighted by Crippen LogP contribution is -2.44. The Morgan fingerprint density at radius 2 is 2.00 bits per heavy atom. The lowest BCUT2D eigenvalue weighted by atomic mass is 9.89. The maximum absolute atomic E-state index is 14.2. The van der Waals surface area contributed by atoms with Gasteiger partial charge in [0.1, 0.15) is 16.4 Å². The highest BCUT2D eigenvalue weighted by Crippen LogP contribution is 2.38. The van der Waals surface area contributed by atoms with E-state index in [0.717, 1.165) is 46.9 Å². The number of allylic oxidation sites excluding steroid dienone is 1. The van der Waals surface area contributed by atoms with E-state index in [1.165, 1.54) is 17.5 Å². The van der Waals surface area contributed by atoms with Crippen molar-refractivity contribution < 1.29 is 9.53 Å². The van der Waals surface area contributed by atoms with E-state index in [4.69, 9.17) is 27.8 Å². The van der Waals surface area contributed by atoms with E-state index in [9.17, 15) is 4.79 Å². The van der Waals surface area contributed by atoms with Gasteiger partial charge in [0.15, 0.2) is 0 Å². The van der Waals surface area contributed by atoms with Crippen LogP contribution in [0.15, 0.2) is 66.1 Å². The van der Waals surface area contributed by atoms with Crippen LogP contribution in [0.1, 0.15) is 46.5 Å². The average Bonchev–Trinajstić information content (AvgIpc) is 3.28. The number of thiophene rings is 1. The summed E-state index contributed by atoms with van der Waals surface area (Å²) in [6.45, 7) is 3.98. The van der Waals surface area contributed by atoms with Crippen LogP contribution >= 0.6 is 22.9 Å². The largest absolute Gasteiger partial charge is 0.496 e. The lowest BCUT2D eigenvalue weighted by molar-refractivity contribution is 0.0604. The van der Waals surface area contributed by atoms with Gasteiger partial charge in [0, 0.05) is 52.3 Å². The first-order valence-corrected chi connectivity index (χ1v) is 13.8. The zero-order chi connectivity index (χ0) is 27.2. The van der Waals surface area contributed by atoms with Gasteiger partial charge in [-0.05, 0) is 56.5 Å². The molecule has 2 aromatic carbocycles. The molecule has 200 valence electrons. The summed E-state index contributed by atoms with van der Waals surface area (Å²) < 4.78 is 6.70. The molecule has 0 radical (unpaired) electrons. The zero-order valence-corrected chi connectivity index (χ0v) is 23.3. The summed E-state index contributed by atoms with van der Waals surface area (Å²) in [7, 11) is 3.62. The fourth-order valence-electron chi connectivity index (χ4n) is 4.96. The predicted octanol–water partition coefficient (Wildman–Crippen LogP) is 5.54. The smallest absolute Gasteiger partial charge is 0.266 e. The average molecular weight is 552 g/mol. The van der Waals surface area contributed by atoms with Crippen LogP contribution in [-0.2, 0) is 6.54 Å². The fourth-order valence-corrected chi connectivity index (χ4v) is 6.42. The minimum absolute atomic E-state index is 0.0628. The molecule has 1 heterocycles. The van der Waals surface area contributed by atoms with Gasteiger partial charge in [-0.1, -0.05) is 42.4 Å². The monoisotopic (exact) mass is 551 g/mol. The molecule has 0 unspecified atom stereocenters. The van der Waals surface area contributed by atoms with Crippen molar-refractivity contribution in [3.05, 3.63) is 82.1 Å². The number of nitrogens with one attached hydrogen (secondary N) is 1. The number of aliphatic imine (C=N–C) groups is 1. The molecule has 5 N–H and O–H groups in total. The van der Waals surface area contributed by atoms with Gasteiger partial charge in [0.2, 0.25) is 0 Å². The summed E-state index contributed by atoms with van der Waals surface area (Å²) in [4.78, 5) is 20.8. The van der Waals surface area contributed by atoms with Crippen LogP contribution in [0.2, 0.25) is 5.02 Å². The summed E-state index contributed by atoms with van der Waals surface area (Å²) >= 11 is 8.20. The summed E-state index contributed by atoms with van der Waals surface area (Å²) in [6, 6.07) is 14.2. The van der Waals surface area contributed by atoms with Crippen molar-refractivity contribution in [2.24, 2.45) is 16.5 Å². The topological polar surface area (TPSA) is 106 Å². The van der Waals surface area contributed by atoms with Crippen molar-refractivity contribution in [2.75, 3.05) is 14.2 Å². The van der Waals surface area contributed by atoms with Gasteiger partial charge in [-0.2, -0.15) is 0 Å². The Balaban J connectivity index is 1.73. The van der Waals surface area contributed by atoms with E-state index >= 15 is 0 Å². The minimum atomic E-state index is -0.0628. The normalized spacial score (nSPS) is 18.1. The molecule has 1 aromatic heterocycles. The molecule has 4 rings (SSSR count). The molecule has 9 heteroatoms. The number of carbonyl (C=O) groups is 1. The first-order chi connectivity index (χ1) is 18.4. The number of hydrogen-bond donors (Lipinski definition) is 3. The van der Waals surface area contributed by atoms with Crippen molar-refractivity contribution in [2.45, 2.75) is 44.3 Å². The number of amides is 1. The molecular formula is C29H34ClN5O2S. The summed E-state index contributed by atoms with van der Waals surface area (Å²) in [5, 5.41) is 4.79. The Bertz CT molecular complexity index is 1370. The molecule has 1 fully saturated rings. The first kappa shape index (κ1) is 27.7. The third-order valence-corrected chi connectivity index (χ3v) is 8.70. The molecular weight excluding hydrogens is 518 g/mol. The SMILES string of the molecule is C=C(N)/N=C\C(=C/N)c1ccc(OC)c(CN(C(=O)c2sc3ccccc3c2Cl)[C@H]2CC[C@H](NC)CC2)c1. The number of ether oxygens (including phenoxy) is 1. The number of rotatable bonds is 9. The maximum Gasteiger partial charge on any atom is 0.266 e. The zero-order valence-electron chi connectivity index (χ0n) is 21.7. The van der Waals surface area contributed by atoms with Gasteiger partial charge in [0.25, 0.3) is 5.91 Å². The highest BCUT2D eigenvalue weighted by Gasteiger charge is 2.32. The molecule has 7 nitrogen and oxygen atoms in total. The molecule has 1 aliphatic rings. The van der Waals surface area contributed by atoms with Crippen LogP contribution in [0, 0.1) is 0 Å². The highest BCUT2D eigenvalue weighted by molar-refractivity contribution is 7.21. The number of halogens is 1. The second-order valence-electron chi connectivity index (χ2n) is 9.37. The summed E-state index contributed by atoms with van der Waals surface area (Å²) in [5.41, 5.74) is 13.9. The van der Waals surface area contributed by atoms with Crippen molar-refractivity contribution in [1.82, 2.24) is 10.2 Å². The number of nitrogens with two attached hydrogens (primary N) is 2. The number of benzene rings is 2. The first-order valence-electron chi connectivity index (χ1n) is 12.6. The number of nitrogens with zero attached hydrogens (tertiary/aromatic N) is 2. The van der Waals surface area contributed by atoms with E-state index < -0.39 is 0 Å². The number of carbonyl (C=O) groups excluding carboxylic acids is 1. The molecule has 1 amide bonds. The van der Waals surface area contributed by atoms with E-state index in [-0.39, 0.29) is 17.8 Å². The van der Waals surface area contributed by atoms with Crippen LogP contribution in [0.25, 0.3) is 15.7 Å². The Morgan fingerprint density at radius 1 is 1.26 bits per heavy atom. The molecule has 0 spiro atoms. The van der Waals surface area contributed by atoms with Crippen LogP contribution < -0.4 is 21.5 Å². The Morgan fingerprint density at radius 3 is 2.63 bits per heavy atom. The molecule has 38 heavy (non-hydrogen) atoms. The van der Waals surface area contributed by atoms with Crippen LogP contribution in [0.5, 0.6) is 5.75 Å². The van der Waals surface area contributed by atoms with Crippen molar-refractivity contribution in [3.63, 3.8) is 0 Å². The lowest BCUT2D eigenvalue weighted by Gasteiger charge is -2.37. The molecule has 1 saturated carbocycles. The fraction of sp³-hybridized carbons (Fsp3) is 0.310.